The zero-order valence-electron chi connectivity index (χ0n) is 21.2. The van der Waals surface area contributed by atoms with E-state index in [-0.39, 0.29) is 5.78 Å². The Labute approximate surface area is 207 Å². The fourth-order valence-corrected chi connectivity index (χ4v) is 3.72. The largest absolute Gasteiger partial charge is 0.501 e. The van der Waals surface area contributed by atoms with Crippen molar-refractivity contribution in [1.29, 1.82) is 0 Å². The molecule has 0 N–H and O–H groups in total. The maximum atomic E-state index is 12.2. The Bertz CT molecular complexity index is 1260. The summed E-state index contributed by atoms with van der Waals surface area (Å²) in [6, 6.07) is 0. The third-order valence-corrected chi connectivity index (χ3v) is 5.34. The zero-order valence-corrected chi connectivity index (χ0v) is 21.2. The Morgan fingerprint density at radius 3 is 2.51 bits per heavy atom. The van der Waals surface area contributed by atoms with Gasteiger partial charge >= 0.3 is 0 Å². The summed E-state index contributed by atoms with van der Waals surface area (Å²) in [4.78, 5) is 21.7. The van der Waals surface area contributed by atoms with Crippen LogP contribution in [-0.2, 0) is 21.3 Å². The van der Waals surface area contributed by atoms with Crippen LogP contribution in [0, 0.1) is 0 Å². The van der Waals surface area contributed by atoms with Crippen molar-refractivity contribution in [3.05, 3.63) is 94.9 Å². The minimum absolute atomic E-state index is 0.0561. The maximum Gasteiger partial charge on any atom is 0.153 e. The molecular weight excluding hydrogens is 440 g/mol. The van der Waals surface area contributed by atoms with Gasteiger partial charge in [-0.15, -0.1) is 0 Å². The molecule has 0 atom stereocenters. The van der Waals surface area contributed by atoms with Crippen LogP contribution in [0.3, 0.4) is 0 Å². The maximum absolute atomic E-state index is 12.2. The van der Waals surface area contributed by atoms with Crippen LogP contribution in [0.2, 0.25) is 0 Å². The molecule has 7 nitrogen and oxygen atoms in total. The monoisotopic (exact) mass is 472 g/mol. The van der Waals surface area contributed by atoms with Gasteiger partial charge in [-0.2, -0.15) is 5.10 Å². The molecule has 35 heavy (non-hydrogen) atoms. The summed E-state index contributed by atoms with van der Waals surface area (Å²) < 4.78 is 12.8. The van der Waals surface area contributed by atoms with Gasteiger partial charge in [-0.25, -0.2) is 0 Å². The van der Waals surface area contributed by atoms with Crippen LogP contribution in [0.15, 0.2) is 99.3 Å². The summed E-state index contributed by atoms with van der Waals surface area (Å²) >= 11 is 0. The second kappa shape index (κ2) is 11.9. The molecule has 3 aliphatic rings. The molecular formula is C28H32N4O3. The smallest absolute Gasteiger partial charge is 0.153 e. The van der Waals surface area contributed by atoms with Crippen molar-refractivity contribution in [2.45, 2.75) is 33.6 Å². The summed E-state index contributed by atoms with van der Waals surface area (Å²) in [5, 5.41) is 4.24. The lowest BCUT2D eigenvalue weighted by Crippen LogP contribution is -2.02. The predicted octanol–water partition coefficient (Wildman–Crippen LogP) is 5.43. The van der Waals surface area contributed by atoms with Gasteiger partial charge in [-0.05, 0) is 60.1 Å². The van der Waals surface area contributed by atoms with E-state index < -0.39 is 0 Å². The topological polar surface area (TPSA) is 78.1 Å². The van der Waals surface area contributed by atoms with Gasteiger partial charge in [-0.1, -0.05) is 19.9 Å². The number of hydrogen-bond donors (Lipinski definition) is 0. The number of carbonyl (C=O) groups excluding carboxylic acids is 1. The number of carbonyl (C=O) groups is 1. The number of allylic oxidation sites excluding steroid dienone is 10. The molecule has 1 aliphatic heterocycles. The second-order valence-electron chi connectivity index (χ2n) is 7.85. The van der Waals surface area contributed by atoms with Crippen molar-refractivity contribution < 1.29 is 14.3 Å². The number of ether oxygens (including phenoxy) is 2. The molecule has 2 heterocycles. The summed E-state index contributed by atoms with van der Waals surface area (Å²) in [6.07, 6.45) is 20.0. The molecule has 0 spiro atoms. The van der Waals surface area contributed by atoms with Crippen molar-refractivity contribution >= 4 is 22.9 Å². The van der Waals surface area contributed by atoms with Crippen molar-refractivity contribution in [3.8, 4) is 0 Å². The highest BCUT2D eigenvalue weighted by Crippen LogP contribution is 2.30. The first kappa shape index (κ1) is 25.6. The molecule has 2 aliphatic carbocycles. The van der Waals surface area contributed by atoms with Crippen molar-refractivity contribution in [2.75, 3.05) is 14.2 Å². The number of hydrogen-bond acceptors (Lipinski definition) is 6. The molecule has 0 saturated heterocycles. The van der Waals surface area contributed by atoms with Crippen LogP contribution in [0.5, 0.6) is 0 Å². The van der Waals surface area contributed by atoms with Crippen LogP contribution in [0.1, 0.15) is 39.2 Å². The van der Waals surface area contributed by atoms with Gasteiger partial charge in [0.1, 0.15) is 11.5 Å². The number of aliphatic imine (C=N–C) groups is 2. The number of nitrogens with zero attached hydrogens (tertiary/aromatic N) is 4. The minimum atomic E-state index is -0.0561. The first-order valence-corrected chi connectivity index (χ1v) is 11.6. The molecule has 0 unspecified atom stereocenters. The quantitative estimate of drug-likeness (QED) is 0.517. The van der Waals surface area contributed by atoms with Gasteiger partial charge in [0.05, 0.1) is 32.3 Å². The van der Waals surface area contributed by atoms with Gasteiger partial charge in [0.2, 0.25) is 0 Å². The highest BCUT2D eigenvalue weighted by molar-refractivity contribution is 6.17. The Balaban J connectivity index is 0.00000167. The second-order valence-corrected chi connectivity index (χ2v) is 7.85. The molecule has 0 saturated carbocycles. The SMILES string of the molecule is CC.COC1=CCC(OC)=CC(C(=CC(C)=O)C2=CC3=NC(c4cnn(C)c4)=CN=C(C=C2)C3)=C1. The molecule has 0 amide bonds. The Morgan fingerprint density at radius 1 is 1.06 bits per heavy atom. The molecule has 1 aromatic heterocycles. The number of ketones is 1. The molecule has 2 bridgehead atoms. The van der Waals surface area contributed by atoms with Crippen LogP contribution < -0.4 is 0 Å². The Morgan fingerprint density at radius 2 is 1.86 bits per heavy atom. The third kappa shape index (κ3) is 6.53. The van der Waals surface area contributed by atoms with Crippen LogP contribution >= 0.6 is 0 Å². The van der Waals surface area contributed by atoms with E-state index in [0.717, 1.165) is 45.2 Å². The third-order valence-electron chi connectivity index (χ3n) is 5.34. The first-order chi connectivity index (χ1) is 16.9. The standard InChI is InChI=1S/C26H26N4O3.C2H6/c1-17(31)9-25(19-11-23(32-3)7-8-24(12-19)33-4)18-5-6-21-13-22(10-18)29-26(15-27-21)20-14-28-30(2)16-20;1-2/h5-7,9-12,14-16H,8,13H2,1-4H3;1-2H3. The predicted molar refractivity (Wildman–Crippen MR) is 141 cm³/mol. The lowest BCUT2D eigenvalue weighted by molar-refractivity contribution is -0.112. The number of rotatable bonds is 6. The van der Waals surface area contributed by atoms with Gasteiger partial charge in [0.15, 0.2) is 5.78 Å². The average Bonchev–Trinajstić information content (AvgIpc) is 3.03. The van der Waals surface area contributed by atoms with Crippen molar-refractivity contribution in [2.24, 2.45) is 17.0 Å². The van der Waals surface area contributed by atoms with Crippen LogP contribution in [0.25, 0.3) is 5.70 Å². The summed E-state index contributed by atoms with van der Waals surface area (Å²) in [5.74, 6) is 1.43. The van der Waals surface area contributed by atoms with E-state index >= 15 is 0 Å². The first-order valence-electron chi connectivity index (χ1n) is 11.6. The molecule has 0 fully saturated rings. The van der Waals surface area contributed by atoms with Crippen molar-refractivity contribution in [1.82, 2.24) is 9.78 Å². The van der Waals surface area contributed by atoms with Gasteiger partial charge in [0, 0.05) is 43.1 Å². The molecule has 1 aromatic rings. The summed E-state index contributed by atoms with van der Waals surface area (Å²) in [5.41, 5.74) is 5.83. The number of fused-ring (bicyclic) bond motifs is 2. The summed E-state index contributed by atoms with van der Waals surface area (Å²) in [7, 11) is 5.14. The van der Waals surface area contributed by atoms with E-state index in [1.54, 1.807) is 44.3 Å². The van der Waals surface area contributed by atoms with E-state index in [2.05, 4.69) is 10.1 Å². The number of methoxy groups -OCH3 is 2. The molecule has 0 aromatic carbocycles. The van der Waals surface area contributed by atoms with Crippen LogP contribution in [0.4, 0.5) is 0 Å². The van der Waals surface area contributed by atoms with Crippen molar-refractivity contribution in [3.63, 3.8) is 0 Å². The fourth-order valence-electron chi connectivity index (χ4n) is 3.72. The highest BCUT2D eigenvalue weighted by atomic mass is 16.5. The molecule has 4 rings (SSSR count). The van der Waals surface area contributed by atoms with E-state index in [0.29, 0.717) is 18.6 Å². The Kier molecular flexibility index (Phi) is 8.73. The van der Waals surface area contributed by atoms with E-state index in [1.807, 2.05) is 63.5 Å². The van der Waals surface area contributed by atoms with E-state index in [1.165, 1.54) is 0 Å². The minimum Gasteiger partial charge on any atom is -0.501 e. The fraction of sp³-hybridized carbons (Fsp3) is 0.286. The summed E-state index contributed by atoms with van der Waals surface area (Å²) in [6.45, 7) is 5.54. The average molecular weight is 473 g/mol. The number of aromatic nitrogens is 2. The molecule has 182 valence electrons. The van der Waals surface area contributed by atoms with Crippen LogP contribution in [-0.4, -0.2) is 41.2 Å². The normalized spacial score (nSPS) is 17.4. The molecule has 0 radical (unpaired) electrons. The Hall–Kier alpha value is -4.00. The lowest BCUT2D eigenvalue weighted by Gasteiger charge is -2.12. The molecule has 7 heteroatoms. The van der Waals surface area contributed by atoms with E-state index in [4.69, 9.17) is 14.5 Å². The van der Waals surface area contributed by atoms with Gasteiger partial charge in [-0.3, -0.25) is 19.5 Å². The van der Waals surface area contributed by atoms with Gasteiger partial charge in [0.25, 0.3) is 0 Å². The highest BCUT2D eigenvalue weighted by Gasteiger charge is 2.18. The number of aryl methyl sites for hydroxylation is 1. The van der Waals surface area contributed by atoms with Gasteiger partial charge < -0.3 is 9.47 Å². The lowest BCUT2D eigenvalue weighted by atomic mass is 9.94. The zero-order chi connectivity index (χ0) is 25.4. The van der Waals surface area contributed by atoms with E-state index in [9.17, 15) is 4.79 Å².